The van der Waals surface area contributed by atoms with Gasteiger partial charge in [-0.25, -0.2) is 0 Å². The minimum absolute atomic E-state index is 0.0364. The van der Waals surface area contributed by atoms with Crippen molar-refractivity contribution in [1.82, 2.24) is 5.32 Å². The molecule has 1 heterocycles. The fourth-order valence-electron chi connectivity index (χ4n) is 2.60. The zero-order valence-electron chi connectivity index (χ0n) is 16.0. The largest absolute Gasteiger partial charge is 0.494 e. The second kappa shape index (κ2) is 9.62. The summed E-state index contributed by atoms with van der Waals surface area (Å²) in [7, 11) is 0. The lowest BCUT2D eigenvalue weighted by Crippen LogP contribution is -2.29. The molecule has 2 N–H and O–H groups in total. The van der Waals surface area contributed by atoms with Gasteiger partial charge in [0.25, 0.3) is 0 Å². The summed E-state index contributed by atoms with van der Waals surface area (Å²) in [4.78, 5) is 12.1. The maximum atomic E-state index is 12.1. The third kappa shape index (κ3) is 5.62. The second-order valence-corrected chi connectivity index (χ2v) is 6.20. The fraction of sp³-hybridized carbons (Fsp3) is 0.227. The van der Waals surface area contributed by atoms with Crippen molar-refractivity contribution in [2.45, 2.75) is 19.9 Å². The maximum absolute atomic E-state index is 12.1. The number of nitrogens with one attached hydrogen (secondary N) is 2. The molecule has 0 aliphatic carbocycles. The molecule has 0 fully saturated rings. The zero-order chi connectivity index (χ0) is 19.8. The summed E-state index contributed by atoms with van der Waals surface area (Å²) in [5.41, 5.74) is 0.705. The van der Waals surface area contributed by atoms with Crippen molar-refractivity contribution >= 4 is 11.6 Å². The lowest BCUT2D eigenvalue weighted by atomic mass is 10.2. The average Bonchev–Trinajstić information content (AvgIpc) is 3.24. The summed E-state index contributed by atoms with van der Waals surface area (Å²) in [6, 6.07) is 18.3. The van der Waals surface area contributed by atoms with Crippen molar-refractivity contribution in [2.24, 2.45) is 0 Å². The molecule has 28 heavy (non-hydrogen) atoms. The smallest absolute Gasteiger partial charge is 0.238 e. The highest BCUT2D eigenvalue weighted by Gasteiger charge is 2.10. The monoisotopic (exact) mass is 380 g/mol. The van der Waals surface area contributed by atoms with Gasteiger partial charge in [0.2, 0.25) is 5.91 Å². The number of amides is 1. The van der Waals surface area contributed by atoms with E-state index in [2.05, 4.69) is 10.6 Å². The van der Waals surface area contributed by atoms with Crippen LogP contribution < -0.4 is 20.1 Å². The van der Waals surface area contributed by atoms with E-state index in [0.717, 1.165) is 17.3 Å². The Balaban J connectivity index is 1.47. The first-order valence-electron chi connectivity index (χ1n) is 9.21. The molecule has 2 aromatic carbocycles. The summed E-state index contributed by atoms with van der Waals surface area (Å²) in [5.74, 6) is 2.88. The van der Waals surface area contributed by atoms with Crippen LogP contribution in [0, 0.1) is 0 Å². The van der Waals surface area contributed by atoms with Gasteiger partial charge in [0.15, 0.2) is 0 Å². The molecule has 6 nitrogen and oxygen atoms in total. The van der Waals surface area contributed by atoms with Crippen LogP contribution in [0.5, 0.6) is 17.2 Å². The number of hydrogen-bond donors (Lipinski definition) is 2. The Hall–Kier alpha value is -3.25. The fourth-order valence-corrected chi connectivity index (χ4v) is 2.60. The van der Waals surface area contributed by atoms with E-state index in [-0.39, 0.29) is 18.5 Å². The molecule has 1 amide bonds. The molecule has 6 heteroatoms. The van der Waals surface area contributed by atoms with Crippen molar-refractivity contribution in [3.05, 3.63) is 72.7 Å². The highest BCUT2D eigenvalue weighted by Crippen LogP contribution is 2.25. The van der Waals surface area contributed by atoms with Crippen molar-refractivity contribution in [2.75, 3.05) is 18.5 Å². The van der Waals surface area contributed by atoms with E-state index in [9.17, 15) is 4.79 Å². The normalized spacial score (nSPS) is 11.6. The first-order valence-corrected chi connectivity index (χ1v) is 9.21. The first-order chi connectivity index (χ1) is 13.6. The second-order valence-electron chi connectivity index (χ2n) is 6.20. The molecule has 0 saturated carbocycles. The molecule has 3 aromatic rings. The number of carbonyl (C=O) groups excluding carboxylic acids is 1. The van der Waals surface area contributed by atoms with Gasteiger partial charge in [-0.2, -0.15) is 0 Å². The Morgan fingerprint density at radius 3 is 2.25 bits per heavy atom. The van der Waals surface area contributed by atoms with Crippen molar-refractivity contribution in [3.63, 3.8) is 0 Å². The molecule has 3 rings (SSSR count). The SMILES string of the molecule is CCOc1ccc(Oc2ccc(NC(=O)CN[C@@H](C)c3ccco3)cc2)cc1. The Morgan fingerprint density at radius 1 is 1.00 bits per heavy atom. The number of anilines is 1. The minimum atomic E-state index is -0.126. The molecule has 0 unspecified atom stereocenters. The van der Waals surface area contributed by atoms with Gasteiger partial charge >= 0.3 is 0 Å². The predicted molar refractivity (Wildman–Crippen MR) is 108 cm³/mol. The third-order valence-electron chi connectivity index (χ3n) is 4.05. The van der Waals surface area contributed by atoms with E-state index < -0.39 is 0 Å². The molecule has 1 aromatic heterocycles. The van der Waals surface area contributed by atoms with Gasteiger partial charge < -0.3 is 19.2 Å². The highest BCUT2D eigenvalue weighted by molar-refractivity contribution is 5.92. The molecule has 0 bridgehead atoms. The lowest BCUT2D eigenvalue weighted by Gasteiger charge is -2.12. The van der Waals surface area contributed by atoms with Gasteiger partial charge in [0, 0.05) is 5.69 Å². The molecular formula is C22H24N2O4. The zero-order valence-corrected chi connectivity index (χ0v) is 16.0. The molecule has 0 radical (unpaired) electrons. The quantitative estimate of drug-likeness (QED) is 0.560. The first kappa shape index (κ1) is 19.5. The van der Waals surface area contributed by atoms with Crippen molar-refractivity contribution in [3.8, 4) is 17.2 Å². The van der Waals surface area contributed by atoms with E-state index in [4.69, 9.17) is 13.9 Å². The number of furan rings is 1. The number of carbonyl (C=O) groups is 1. The molecule has 0 saturated heterocycles. The van der Waals surface area contributed by atoms with Crippen LogP contribution in [0.15, 0.2) is 71.3 Å². The van der Waals surface area contributed by atoms with Crippen LogP contribution in [-0.2, 0) is 4.79 Å². The van der Waals surface area contributed by atoms with Gasteiger partial charge in [-0.1, -0.05) is 0 Å². The van der Waals surface area contributed by atoms with E-state index in [0.29, 0.717) is 18.0 Å². The van der Waals surface area contributed by atoms with E-state index >= 15 is 0 Å². The van der Waals surface area contributed by atoms with E-state index in [1.165, 1.54) is 0 Å². The Bertz CT molecular complexity index is 859. The van der Waals surface area contributed by atoms with Crippen LogP contribution in [0.4, 0.5) is 5.69 Å². The maximum Gasteiger partial charge on any atom is 0.238 e. The molecule has 0 spiro atoms. The summed E-state index contributed by atoms with van der Waals surface area (Å²) in [6.07, 6.45) is 1.62. The van der Waals surface area contributed by atoms with E-state index in [1.54, 1.807) is 18.4 Å². The number of ether oxygens (including phenoxy) is 2. The highest BCUT2D eigenvalue weighted by atomic mass is 16.5. The number of benzene rings is 2. The van der Waals surface area contributed by atoms with Crippen molar-refractivity contribution < 1.29 is 18.7 Å². The van der Waals surface area contributed by atoms with Gasteiger partial charge in [0.1, 0.15) is 23.0 Å². The Kier molecular flexibility index (Phi) is 6.70. The summed E-state index contributed by atoms with van der Waals surface area (Å²) in [5, 5.41) is 5.97. The van der Waals surface area contributed by atoms with Gasteiger partial charge in [0.05, 0.1) is 25.5 Å². The summed E-state index contributed by atoms with van der Waals surface area (Å²) < 4.78 is 16.5. The van der Waals surface area contributed by atoms with Crippen LogP contribution in [0.25, 0.3) is 0 Å². The topological polar surface area (TPSA) is 72.7 Å². The standard InChI is InChI=1S/C22H24N2O4/c1-3-26-18-10-12-20(13-11-18)28-19-8-6-17(7-9-19)24-22(25)15-23-16(2)21-5-4-14-27-21/h4-14,16,23H,3,15H2,1-2H3,(H,24,25)/t16-/m0/s1. The van der Waals surface area contributed by atoms with Crippen LogP contribution in [0.1, 0.15) is 25.6 Å². The Labute approximate surface area is 164 Å². The van der Waals surface area contributed by atoms with Crippen LogP contribution in [-0.4, -0.2) is 19.1 Å². The van der Waals surface area contributed by atoms with Gasteiger partial charge in [-0.3, -0.25) is 10.1 Å². The van der Waals surface area contributed by atoms with Gasteiger partial charge in [-0.05, 0) is 74.5 Å². The lowest BCUT2D eigenvalue weighted by molar-refractivity contribution is -0.115. The summed E-state index contributed by atoms with van der Waals surface area (Å²) >= 11 is 0. The summed E-state index contributed by atoms with van der Waals surface area (Å²) in [6.45, 7) is 4.70. The van der Waals surface area contributed by atoms with E-state index in [1.807, 2.05) is 62.4 Å². The van der Waals surface area contributed by atoms with Gasteiger partial charge in [-0.15, -0.1) is 0 Å². The molecule has 0 aliphatic heterocycles. The van der Waals surface area contributed by atoms with Crippen LogP contribution in [0.2, 0.25) is 0 Å². The van der Waals surface area contributed by atoms with Crippen molar-refractivity contribution in [1.29, 1.82) is 0 Å². The third-order valence-corrected chi connectivity index (χ3v) is 4.05. The molecule has 146 valence electrons. The predicted octanol–water partition coefficient (Wildman–Crippen LogP) is 4.76. The Morgan fingerprint density at radius 2 is 1.64 bits per heavy atom. The average molecular weight is 380 g/mol. The molecule has 0 aliphatic rings. The minimum Gasteiger partial charge on any atom is -0.494 e. The molecular weight excluding hydrogens is 356 g/mol. The number of rotatable bonds is 9. The number of hydrogen-bond acceptors (Lipinski definition) is 5. The van der Waals surface area contributed by atoms with Crippen LogP contribution in [0.3, 0.4) is 0 Å². The van der Waals surface area contributed by atoms with Crippen LogP contribution >= 0.6 is 0 Å². The molecule has 1 atom stereocenters.